The fourth-order valence-electron chi connectivity index (χ4n) is 3.35. The van der Waals surface area contributed by atoms with Crippen LogP contribution >= 0.6 is 0 Å². The van der Waals surface area contributed by atoms with Crippen molar-refractivity contribution in [3.05, 3.63) is 97.1 Å². The molecule has 0 fully saturated rings. The monoisotopic (exact) mass is 416 g/mol. The molecule has 1 aliphatic rings. The molecule has 0 saturated carbocycles. The number of benzene rings is 4. The van der Waals surface area contributed by atoms with E-state index in [2.05, 4.69) is 0 Å². The third kappa shape index (κ3) is 3.22. The van der Waals surface area contributed by atoms with Crippen molar-refractivity contribution < 1.29 is 13.2 Å². The summed E-state index contributed by atoms with van der Waals surface area (Å²) in [6, 6.07) is 30.0. The van der Waals surface area contributed by atoms with Crippen molar-refractivity contribution in [1.82, 2.24) is 0 Å². The highest BCUT2D eigenvalue weighted by atomic mass is 32.2. The van der Waals surface area contributed by atoms with Crippen LogP contribution in [0.4, 0.5) is 0 Å². The maximum absolute atomic E-state index is 13.6. The van der Waals surface area contributed by atoms with Crippen molar-refractivity contribution in [2.24, 2.45) is 0 Å². The summed E-state index contributed by atoms with van der Waals surface area (Å²) in [4.78, 5) is 2.21. The van der Waals surface area contributed by atoms with Crippen molar-refractivity contribution in [3.63, 3.8) is 0 Å². The zero-order valence-corrected chi connectivity index (χ0v) is 16.9. The van der Waals surface area contributed by atoms with Gasteiger partial charge in [0.2, 0.25) is 0 Å². The second kappa shape index (κ2) is 7.43. The van der Waals surface area contributed by atoms with E-state index in [4.69, 9.17) is 4.74 Å². The second-order valence-corrected chi connectivity index (χ2v) is 9.39. The molecule has 5 heteroatoms. The van der Waals surface area contributed by atoms with Crippen LogP contribution in [0.3, 0.4) is 0 Å². The molecule has 0 spiro atoms. The maximum atomic E-state index is 13.6. The topological polar surface area (TPSA) is 43.4 Å². The van der Waals surface area contributed by atoms with Crippen molar-refractivity contribution in [3.8, 4) is 22.6 Å². The first-order valence-electron chi connectivity index (χ1n) is 9.11. The van der Waals surface area contributed by atoms with Gasteiger partial charge in [0.1, 0.15) is 11.5 Å². The average Bonchev–Trinajstić information content (AvgIpc) is 2.82. The molecule has 4 aromatic carbocycles. The van der Waals surface area contributed by atoms with E-state index in [1.807, 2.05) is 72.8 Å². The fourth-order valence-corrected chi connectivity index (χ4v) is 6.20. The molecule has 1 heterocycles. The van der Waals surface area contributed by atoms with E-state index in [0.29, 0.717) is 31.1 Å². The van der Waals surface area contributed by atoms with Crippen molar-refractivity contribution in [1.29, 1.82) is 0 Å². The first-order chi connectivity index (χ1) is 14.2. The molecule has 142 valence electrons. The lowest BCUT2D eigenvalue weighted by molar-refractivity contribution is 0.458. The Balaban J connectivity index is 1.78. The van der Waals surface area contributed by atoms with Gasteiger partial charge in [-0.05, 0) is 47.5 Å². The van der Waals surface area contributed by atoms with Gasteiger partial charge in [-0.2, -0.15) is 0 Å². The van der Waals surface area contributed by atoms with Gasteiger partial charge in [-0.1, -0.05) is 60.7 Å². The molecule has 1 aliphatic heterocycles. The summed E-state index contributed by atoms with van der Waals surface area (Å²) in [6.07, 6.45) is 0. The summed E-state index contributed by atoms with van der Waals surface area (Å²) >= 11 is 0. The Bertz CT molecular complexity index is 1270. The highest BCUT2D eigenvalue weighted by molar-refractivity contribution is 7.88. The van der Waals surface area contributed by atoms with Gasteiger partial charge in [0.15, 0.2) is 0 Å². The van der Waals surface area contributed by atoms with Gasteiger partial charge in [0.05, 0.1) is 41.2 Å². The molecular formula is C24H16O3S2. The van der Waals surface area contributed by atoms with Gasteiger partial charge in [0, 0.05) is 0 Å². The van der Waals surface area contributed by atoms with Crippen LogP contribution in [0.5, 0.6) is 11.5 Å². The van der Waals surface area contributed by atoms with Gasteiger partial charge in [-0.15, -0.1) is 0 Å². The van der Waals surface area contributed by atoms with E-state index in [1.165, 1.54) is 0 Å². The molecule has 0 aliphatic carbocycles. The zero-order valence-electron chi connectivity index (χ0n) is 15.3. The molecule has 5 rings (SSSR count). The Morgan fingerprint density at radius 1 is 0.483 bits per heavy atom. The molecule has 0 aromatic heterocycles. The maximum Gasteiger partial charge on any atom is 0.144 e. The molecule has 0 radical (unpaired) electrons. The van der Waals surface area contributed by atoms with Gasteiger partial charge in [-0.25, -0.2) is 8.42 Å². The number of hydrogen-bond acceptors (Lipinski definition) is 3. The first-order valence-corrected chi connectivity index (χ1v) is 11.4. The molecule has 2 unspecified atom stereocenters. The second-order valence-electron chi connectivity index (χ2n) is 6.56. The normalized spacial score (nSPS) is 17.5. The zero-order chi connectivity index (χ0) is 19.8. The summed E-state index contributed by atoms with van der Waals surface area (Å²) in [7, 11) is -3.04. The van der Waals surface area contributed by atoms with Gasteiger partial charge in [0.25, 0.3) is 0 Å². The van der Waals surface area contributed by atoms with Gasteiger partial charge < -0.3 is 4.74 Å². The van der Waals surface area contributed by atoms with Crippen LogP contribution in [-0.2, 0) is 21.6 Å². The van der Waals surface area contributed by atoms with Crippen molar-refractivity contribution in [2.45, 2.75) is 19.6 Å². The van der Waals surface area contributed by atoms with E-state index < -0.39 is 21.6 Å². The van der Waals surface area contributed by atoms with E-state index in [9.17, 15) is 8.42 Å². The summed E-state index contributed by atoms with van der Waals surface area (Å²) in [5.41, 5.74) is 1.98. The Morgan fingerprint density at radius 3 is 1.76 bits per heavy atom. The molecular weight excluding hydrogens is 400 g/mol. The van der Waals surface area contributed by atoms with E-state index >= 15 is 0 Å². The fraction of sp³-hybridized carbons (Fsp3) is 0. The Hall–Kier alpha value is -3.02. The smallest absolute Gasteiger partial charge is 0.144 e. The molecule has 0 N–H and O–H groups in total. The van der Waals surface area contributed by atoms with Crippen LogP contribution in [0.25, 0.3) is 11.1 Å². The SMILES string of the molecule is O=S1c2ccccc2Oc2ccc(-c3ccccc3)cc2S(=O)c2ccccc21. The van der Waals surface area contributed by atoms with E-state index in [1.54, 1.807) is 24.3 Å². The van der Waals surface area contributed by atoms with Crippen LogP contribution in [0.2, 0.25) is 0 Å². The Morgan fingerprint density at radius 2 is 1.03 bits per heavy atom. The lowest BCUT2D eigenvalue weighted by Crippen LogP contribution is -2.00. The number of rotatable bonds is 1. The van der Waals surface area contributed by atoms with Crippen LogP contribution in [0.1, 0.15) is 0 Å². The van der Waals surface area contributed by atoms with Crippen molar-refractivity contribution in [2.75, 3.05) is 0 Å². The van der Waals surface area contributed by atoms with Gasteiger partial charge in [-0.3, -0.25) is 0 Å². The minimum absolute atomic E-state index is 0.504. The highest BCUT2D eigenvalue weighted by Gasteiger charge is 2.25. The van der Waals surface area contributed by atoms with E-state index in [-0.39, 0.29) is 0 Å². The summed E-state index contributed by atoms with van der Waals surface area (Å²) < 4.78 is 33.1. The first kappa shape index (κ1) is 18.0. The number of hydrogen-bond donors (Lipinski definition) is 0. The molecule has 0 amide bonds. The number of para-hydroxylation sites is 1. The average molecular weight is 417 g/mol. The van der Waals surface area contributed by atoms with Crippen LogP contribution in [0, 0.1) is 0 Å². The summed E-state index contributed by atoms with van der Waals surface area (Å²) in [5, 5.41) is 0. The Kier molecular flexibility index (Phi) is 4.62. The third-order valence-corrected chi connectivity index (χ3v) is 7.86. The Labute approximate surface area is 173 Å². The predicted molar refractivity (Wildman–Crippen MR) is 114 cm³/mol. The minimum Gasteiger partial charge on any atom is -0.455 e. The molecule has 0 bridgehead atoms. The standard InChI is InChI=1S/C24H16O3S2/c25-28-21-11-5-4-10-19(21)27-20-15-14-18(17-8-2-1-3-9-17)16-24(20)29(26)23-13-7-6-12-22(23)28/h1-16H. The summed E-state index contributed by atoms with van der Waals surface area (Å²) in [5.74, 6) is 1.01. The molecule has 3 nitrogen and oxygen atoms in total. The minimum atomic E-state index is -1.54. The highest BCUT2D eigenvalue weighted by Crippen LogP contribution is 2.40. The lowest BCUT2D eigenvalue weighted by atomic mass is 10.1. The van der Waals surface area contributed by atoms with Crippen LogP contribution in [-0.4, -0.2) is 8.42 Å². The van der Waals surface area contributed by atoms with Crippen LogP contribution < -0.4 is 4.74 Å². The molecule has 2 atom stereocenters. The van der Waals surface area contributed by atoms with Crippen LogP contribution in [0.15, 0.2) is 117 Å². The van der Waals surface area contributed by atoms with Crippen molar-refractivity contribution >= 4 is 21.6 Å². The molecule has 0 saturated heterocycles. The largest absolute Gasteiger partial charge is 0.455 e. The predicted octanol–water partition coefficient (Wildman–Crippen LogP) is 5.79. The lowest BCUT2D eigenvalue weighted by Gasteiger charge is -2.13. The van der Waals surface area contributed by atoms with E-state index in [0.717, 1.165) is 11.1 Å². The third-order valence-electron chi connectivity index (χ3n) is 4.77. The van der Waals surface area contributed by atoms with Gasteiger partial charge >= 0.3 is 0 Å². The number of ether oxygens (including phenoxy) is 1. The number of fused-ring (bicyclic) bond motifs is 3. The molecule has 29 heavy (non-hydrogen) atoms. The quantitative estimate of drug-likeness (QED) is 0.347. The molecule has 4 aromatic rings. The summed E-state index contributed by atoms with van der Waals surface area (Å²) in [6.45, 7) is 0.